The number of nitrogens with one attached hydrogen (secondary N) is 3. The van der Waals surface area contributed by atoms with E-state index in [1.807, 2.05) is 37.3 Å². The zero-order valence-corrected chi connectivity index (χ0v) is 24.2. The van der Waals surface area contributed by atoms with Gasteiger partial charge in [-0.3, -0.25) is 9.59 Å². The third-order valence-electron chi connectivity index (χ3n) is 8.66. The maximum Gasteiger partial charge on any atom is 0.416 e. The van der Waals surface area contributed by atoms with Crippen LogP contribution in [0.4, 0.5) is 19.1 Å². The summed E-state index contributed by atoms with van der Waals surface area (Å²) in [7, 11) is 0. The van der Waals surface area contributed by atoms with E-state index in [2.05, 4.69) is 30.5 Å². The first-order valence-electron chi connectivity index (χ1n) is 14.8. The number of anilines is 1. The highest BCUT2D eigenvalue weighted by Crippen LogP contribution is 2.35. The standard InChI is InChI=1S/C33H33F3N6O2/c1-20(21-6-3-2-4-7-21)39-32-37-13-10-28(40-32)26-17-27(30(43)38-18-24-19-42-14-11-22(24)12-15-42)31(44)41-29(26)23-8-5-9-25(16-23)33(34,35)36/h2-10,13,16-17,20,22,24H,11-12,14-15,18-19H2,1H3,(H,38,43)(H,41,44)(H,37,39,40)/t20-,24?/m0/s1. The molecule has 0 aliphatic carbocycles. The molecule has 2 bridgehead atoms. The minimum Gasteiger partial charge on any atom is -0.352 e. The number of hydrogen-bond acceptors (Lipinski definition) is 6. The number of carbonyl (C=O) groups is 1. The van der Waals surface area contributed by atoms with Gasteiger partial charge < -0.3 is 20.5 Å². The van der Waals surface area contributed by atoms with Gasteiger partial charge in [0.2, 0.25) is 5.95 Å². The summed E-state index contributed by atoms with van der Waals surface area (Å²) in [6.07, 6.45) is -0.852. The smallest absolute Gasteiger partial charge is 0.352 e. The van der Waals surface area contributed by atoms with Gasteiger partial charge in [0, 0.05) is 24.8 Å². The van der Waals surface area contributed by atoms with E-state index in [1.54, 1.807) is 6.07 Å². The van der Waals surface area contributed by atoms with Crippen LogP contribution >= 0.6 is 0 Å². The number of H-pyrrole nitrogens is 1. The normalized spacial score (nSPS) is 20.2. The number of carbonyl (C=O) groups excluding carboxylic acids is 1. The predicted octanol–water partition coefficient (Wildman–Crippen LogP) is 5.76. The monoisotopic (exact) mass is 602 g/mol. The van der Waals surface area contributed by atoms with Crippen LogP contribution in [-0.4, -0.2) is 51.9 Å². The lowest BCUT2D eigenvalue weighted by atomic mass is 9.79. The lowest BCUT2D eigenvalue weighted by molar-refractivity contribution is -0.137. The van der Waals surface area contributed by atoms with Crippen molar-refractivity contribution in [1.29, 1.82) is 0 Å². The molecular formula is C33H33F3N6O2. The minimum absolute atomic E-state index is 0.121. The molecule has 3 fully saturated rings. The minimum atomic E-state index is -4.58. The summed E-state index contributed by atoms with van der Waals surface area (Å²) in [5.74, 6) is 0.604. The Morgan fingerprint density at radius 3 is 2.55 bits per heavy atom. The van der Waals surface area contributed by atoms with Gasteiger partial charge in [0.1, 0.15) is 5.56 Å². The number of pyridine rings is 1. The van der Waals surface area contributed by atoms with Crippen molar-refractivity contribution in [3.8, 4) is 22.5 Å². The van der Waals surface area contributed by atoms with E-state index in [0.29, 0.717) is 29.6 Å². The Kier molecular flexibility index (Phi) is 8.22. The van der Waals surface area contributed by atoms with Crippen molar-refractivity contribution >= 4 is 11.9 Å². The maximum absolute atomic E-state index is 13.6. The highest BCUT2D eigenvalue weighted by molar-refractivity contribution is 5.96. The number of halogens is 3. The summed E-state index contributed by atoms with van der Waals surface area (Å²) in [6.45, 7) is 5.48. The zero-order valence-electron chi connectivity index (χ0n) is 24.2. The quantitative estimate of drug-likeness (QED) is 0.237. The average molecular weight is 603 g/mol. The Balaban J connectivity index is 1.35. The summed E-state index contributed by atoms with van der Waals surface area (Å²) in [5.41, 5.74) is 0.209. The largest absolute Gasteiger partial charge is 0.416 e. The topological polar surface area (TPSA) is 103 Å². The number of aromatic amines is 1. The molecule has 0 radical (unpaired) electrons. The molecule has 228 valence electrons. The van der Waals surface area contributed by atoms with Gasteiger partial charge in [-0.25, -0.2) is 9.97 Å². The molecule has 3 aliphatic heterocycles. The molecule has 1 unspecified atom stereocenters. The van der Waals surface area contributed by atoms with Crippen LogP contribution in [0.15, 0.2) is 77.7 Å². The number of hydrogen-bond donors (Lipinski definition) is 3. The first-order chi connectivity index (χ1) is 21.2. The van der Waals surface area contributed by atoms with Gasteiger partial charge in [0.15, 0.2) is 0 Å². The van der Waals surface area contributed by atoms with Crippen LogP contribution in [0, 0.1) is 11.8 Å². The molecule has 3 N–H and O–H groups in total. The maximum atomic E-state index is 13.6. The van der Waals surface area contributed by atoms with Crippen molar-refractivity contribution in [1.82, 2.24) is 25.2 Å². The molecule has 8 nitrogen and oxygen atoms in total. The number of amides is 1. The SMILES string of the molecule is C[C@H](Nc1nccc(-c2cc(C(=O)NCC3CN4CCC3CC4)c(=O)[nH]c2-c2cccc(C(F)(F)F)c2)n1)c1ccccc1. The number of aromatic nitrogens is 3. The van der Waals surface area contributed by atoms with Crippen LogP contribution in [0.3, 0.4) is 0 Å². The fraction of sp³-hybridized carbons (Fsp3) is 0.333. The predicted molar refractivity (Wildman–Crippen MR) is 162 cm³/mol. The Morgan fingerprint density at radius 2 is 1.84 bits per heavy atom. The highest BCUT2D eigenvalue weighted by Gasteiger charge is 2.34. The molecule has 3 saturated heterocycles. The molecule has 7 rings (SSSR count). The van der Waals surface area contributed by atoms with E-state index in [4.69, 9.17) is 0 Å². The molecule has 2 aromatic carbocycles. The van der Waals surface area contributed by atoms with Gasteiger partial charge in [0.25, 0.3) is 11.5 Å². The first kappa shape index (κ1) is 29.6. The summed E-state index contributed by atoms with van der Waals surface area (Å²) in [4.78, 5) is 40.7. The number of piperidine rings is 3. The highest BCUT2D eigenvalue weighted by atomic mass is 19.4. The Hall–Kier alpha value is -4.51. The lowest BCUT2D eigenvalue weighted by Gasteiger charge is -2.44. The average Bonchev–Trinajstić information content (AvgIpc) is 3.04. The van der Waals surface area contributed by atoms with Crippen molar-refractivity contribution in [2.75, 3.05) is 31.5 Å². The van der Waals surface area contributed by atoms with Gasteiger partial charge in [-0.2, -0.15) is 13.2 Å². The van der Waals surface area contributed by atoms with Crippen molar-refractivity contribution in [2.24, 2.45) is 11.8 Å². The van der Waals surface area contributed by atoms with Crippen molar-refractivity contribution < 1.29 is 18.0 Å². The molecule has 3 aliphatic rings. The second kappa shape index (κ2) is 12.2. The van der Waals surface area contributed by atoms with Crippen LogP contribution in [-0.2, 0) is 6.18 Å². The van der Waals surface area contributed by atoms with Crippen LogP contribution < -0.4 is 16.2 Å². The Labute approximate surface area is 252 Å². The van der Waals surface area contributed by atoms with Gasteiger partial charge in [-0.05, 0) is 80.1 Å². The van der Waals surface area contributed by atoms with Crippen LogP contribution in [0.1, 0.15) is 47.3 Å². The van der Waals surface area contributed by atoms with Gasteiger partial charge in [-0.15, -0.1) is 0 Å². The third kappa shape index (κ3) is 6.37. The third-order valence-corrected chi connectivity index (χ3v) is 8.66. The summed E-state index contributed by atoms with van der Waals surface area (Å²) in [6, 6.07) is 17.3. The van der Waals surface area contributed by atoms with Gasteiger partial charge in [-0.1, -0.05) is 42.5 Å². The van der Waals surface area contributed by atoms with E-state index >= 15 is 0 Å². The number of rotatable bonds is 8. The van der Waals surface area contributed by atoms with Crippen LogP contribution in [0.25, 0.3) is 22.5 Å². The summed E-state index contributed by atoms with van der Waals surface area (Å²) < 4.78 is 40.8. The first-order valence-corrected chi connectivity index (χ1v) is 14.8. The molecule has 11 heteroatoms. The van der Waals surface area contributed by atoms with Gasteiger partial charge in [0.05, 0.1) is 23.0 Å². The van der Waals surface area contributed by atoms with Crippen molar-refractivity contribution in [3.05, 3.63) is 100.0 Å². The molecule has 0 saturated carbocycles. The number of fused-ring (bicyclic) bond motifs is 3. The van der Waals surface area contributed by atoms with Crippen molar-refractivity contribution in [2.45, 2.75) is 32.0 Å². The summed E-state index contributed by atoms with van der Waals surface area (Å²) >= 11 is 0. The zero-order chi connectivity index (χ0) is 30.8. The fourth-order valence-electron chi connectivity index (χ4n) is 6.21. The molecule has 1 amide bonds. The van der Waals surface area contributed by atoms with Crippen LogP contribution in [0.5, 0.6) is 0 Å². The van der Waals surface area contributed by atoms with E-state index < -0.39 is 23.2 Å². The van der Waals surface area contributed by atoms with Gasteiger partial charge >= 0.3 is 6.18 Å². The number of benzene rings is 2. The lowest BCUT2D eigenvalue weighted by Crippen LogP contribution is -2.51. The molecule has 5 heterocycles. The van der Waals surface area contributed by atoms with Crippen LogP contribution in [0.2, 0.25) is 0 Å². The molecule has 0 spiro atoms. The molecule has 2 aromatic heterocycles. The number of alkyl halides is 3. The second-order valence-electron chi connectivity index (χ2n) is 11.5. The number of nitrogens with zero attached hydrogens (tertiary/aromatic N) is 3. The van der Waals surface area contributed by atoms with E-state index in [9.17, 15) is 22.8 Å². The van der Waals surface area contributed by atoms with E-state index in [1.165, 1.54) is 24.4 Å². The molecular weight excluding hydrogens is 569 g/mol. The summed E-state index contributed by atoms with van der Waals surface area (Å²) in [5, 5.41) is 6.19. The molecule has 4 aromatic rings. The van der Waals surface area contributed by atoms with E-state index in [0.717, 1.165) is 50.2 Å². The Morgan fingerprint density at radius 1 is 1.07 bits per heavy atom. The van der Waals surface area contributed by atoms with E-state index in [-0.39, 0.29) is 28.8 Å². The second-order valence-corrected chi connectivity index (χ2v) is 11.5. The van der Waals surface area contributed by atoms with Crippen molar-refractivity contribution in [3.63, 3.8) is 0 Å². The molecule has 2 atom stereocenters. The Bertz CT molecular complexity index is 1700. The fourth-order valence-corrected chi connectivity index (χ4v) is 6.21. The molecule has 44 heavy (non-hydrogen) atoms.